The number of hydrogen-bond acceptors (Lipinski definition) is 4. The number of nitrogens with zero attached hydrogens (tertiary/aromatic N) is 4. The highest BCUT2D eigenvalue weighted by Crippen LogP contribution is 2.49. The largest absolute Gasteiger partial charge is 0.341 e. The van der Waals surface area contributed by atoms with E-state index in [-0.39, 0.29) is 29.7 Å². The third-order valence-corrected chi connectivity index (χ3v) is 8.62. The second-order valence-corrected chi connectivity index (χ2v) is 11.2. The van der Waals surface area contributed by atoms with Gasteiger partial charge in [0.15, 0.2) is 0 Å². The van der Waals surface area contributed by atoms with Crippen molar-refractivity contribution < 1.29 is 18.4 Å². The molecule has 40 heavy (non-hydrogen) atoms. The normalized spacial score (nSPS) is 17.2. The summed E-state index contributed by atoms with van der Waals surface area (Å²) < 4.78 is 31.0. The van der Waals surface area contributed by atoms with Crippen LogP contribution in [0.5, 0.6) is 0 Å². The number of anilines is 1. The molecule has 2 amide bonds. The highest BCUT2D eigenvalue weighted by molar-refractivity contribution is 8.00. The van der Waals surface area contributed by atoms with E-state index in [4.69, 9.17) is 5.10 Å². The molecule has 1 aromatic heterocycles. The number of amides is 2. The number of fused-ring (bicyclic) bond motifs is 1. The number of rotatable bonds is 5. The molecule has 0 unspecified atom stereocenters. The molecule has 0 saturated carbocycles. The van der Waals surface area contributed by atoms with Crippen LogP contribution >= 0.6 is 11.8 Å². The summed E-state index contributed by atoms with van der Waals surface area (Å²) in [5.74, 6) is -1.32. The summed E-state index contributed by atoms with van der Waals surface area (Å²) in [4.78, 5) is 30.5. The molecule has 6 nitrogen and oxygen atoms in total. The fraction of sp³-hybridized carbons (Fsp3) is 0.258. The fourth-order valence-corrected chi connectivity index (χ4v) is 6.65. The number of halogens is 2. The molecule has 204 valence electrons. The third kappa shape index (κ3) is 4.90. The first-order valence-corrected chi connectivity index (χ1v) is 14.4. The van der Waals surface area contributed by atoms with Gasteiger partial charge in [0.2, 0.25) is 11.8 Å². The van der Waals surface area contributed by atoms with Crippen LogP contribution in [0.25, 0.3) is 16.9 Å². The van der Waals surface area contributed by atoms with Gasteiger partial charge in [0.05, 0.1) is 22.4 Å². The Balaban J connectivity index is 1.62. The molecular formula is C31H28F2N4O2S. The Bertz CT molecular complexity index is 1580. The molecule has 0 bridgehead atoms. The standard InChI is InChI=1S/C31H28F2N4O2S/c1-20-8-7-11-23(16-20)37-31-28(29(34-37)21-9-3-2-4-10-21)30(24-13-12-22(32)17-25(24)33)40-19-27(39)36(31)18-26(38)35-14-5-6-15-35/h2-4,7-13,16-17,30H,5-6,14-15,18-19H2,1H3/t30-/m0/s1. The van der Waals surface area contributed by atoms with Crippen LogP contribution in [0.15, 0.2) is 72.8 Å². The van der Waals surface area contributed by atoms with Gasteiger partial charge < -0.3 is 4.90 Å². The van der Waals surface area contributed by atoms with E-state index in [0.717, 1.165) is 35.7 Å². The number of benzene rings is 3. The van der Waals surface area contributed by atoms with Crippen LogP contribution in [0.2, 0.25) is 0 Å². The van der Waals surface area contributed by atoms with E-state index in [0.29, 0.717) is 30.2 Å². The van der Waals surface area contributed by atoms with Crippen molar-refractivity contribution >= 4 is 29.4 Å². The maximum Gasteiger partial charge on any atom is 0.242 e. The zero-order valence-electron chi connectivity index (χ0n) is 22.0. The van der Waals surface area contributed by atoms with Gasteiger partial charge in [-0.05, 0) is 43.5 Å². The van der Waals surface area contributed by atoms with Crippen LogP contribution in [0.3, 0.4) is 0 Å². The minimum Gasteiger partial charge on any atom is -0.341 e. The van der Waals surface area contributed by atoms with E-state index in [1.807, 2.05) is 61.5 Å². The summed E-state index contributed by atoms with van der Waals surface area (Å²) in [6.45, 7) is 3.16. The Morgan fingerprint density at radius 1 is 1.00 bits per heavy atom. The lowest BCUT2D eigenvalue weighted by Gasteiger charge is -2.25. The van der Waals surface area contributed by atoms with Crippen LogP contribution in [0.4, 0.5) is 14.6 Å². The van der Waals surface area contributed by atoms with Crippen LogP contribution in [0.1, 0.15) is 34.8 Å². The summed E-state index contributed by atoms with van der Waals surface area (Å²) in [7, 11) is 0. The molecule has 2 aliphatic heterocycles. The Morgan fingerprint density at radius 3 is 2.50 bits per heavy atom. The van der Waals surface area contributed by atoms with Gasteiger partial charge in [0.25, 0.3) is 0 Å². The molecular weight excluding hydrogens is 530 g/mol. The fourth-order valence-electron chi connectivity index (χ4n) is 5.43. The molecule has 0 radical (unpaired) electrons. The predicted molar refractivity (Wildman–Crippen MR) is 153 cm³/mol. The lowest BCUT2D eigenvalue weighted by molar-refractivity contribution is -0.130. The molecule has 3 aromatic carbocycles. The van der Waals surface area contributed by atoms with Crippen molar-refractivity contribution in [3.05, 3.63) is 101 Å². The zero-order valence-corrected chi connectivity index (χ0v) is 22.8. The average molecular weight is 559 g/mol. The summed E-state index contributed by atoms with van der Waals surface area (Å²) in [5.41, 5.74) is 3.95. The number of thioether (sulfide) groups is 1. The highest BCUT2D eigenvalue weighted by Gasteiger charge is 2.39. The Morgan fingerprint density at radius 2 is 1.77 bits per heavy atom. The lowest BCUT2D eigenvalue weighted by Crippen LogP contribution is -2.43. The van der Waals surface area contributed by atoms with Crippen molar-refractivity contribution in [1.82, 2.24) is 14.7 Å². The average Bonchev–Trinajstić information content (AvgIpc) is 3.60. The quantitative estimate of drug-likeness (QED) is 0.305. The van der Waals surface area contributed by atoms with Gasteiger partial charge >= 0.3 is 0 Å². The first-order valence-electron chi connectivity index (χ1n) is 13.3. The Kier molecular flexibility index (Phi) is 7.14. The molecule has 0 aliphatic carbocycles. The summed E-state index contributed by atoms with van der Waals surface area (Å²) in [5, 5.41) is 4.35. The number of likely N-dealkylation sites (tertiary alicyclic amines) is 1. The van der Waals surface area contributed by atoms with Gasteiger partial charge in [0, 0.05) is 35.8 Å². The third-order valence-electron chi connectivity index (χ3n) is 7.38. The van der Waals surface area contributed by atoms with Crippen LogP contribution in [-0.4, -0.2) is 51.9 Å². The number of aromatic nitrogens is 2. The zero-order chi connectivity index (χ0) is 27.8. The van der Waals surface area contributed by atoms with E-state index in [9.17, 15) is 14.0 Å². The van der Waals surface area contributed by atoms with Gasteiger partial charge in [-0.15, -0.1) is 11.8 Å². The van der Waals surface area contributed by atoms with Gasteiger partial charge in [-0.1, -0.05) is 48.5 Å². The van der Waals surface area contributed by atoms with Crippen LogP contribution in [-0.2, 0) is 9.59 Å². The molecule has 9 heteroatoms. The molecule has 0 spiro atoms. The Labute approximate surface area is 235 Å². The van der Waals surface area contributed by atoms with Crippen molar-refractivity contribution in [3.63, 3.8) is 0 Å². The van der Waals surface area contributed by atoms with Gasteiger partial charge in [-0.25, -0.2) is 13.5 Å². The van der Waals surface area contributed by atoms with E-state index < -0.39 is 16.9 Å². The number of carbonyl (C=O) groups is 2. The highest BCUT2D eigenvalue weighted by atomic mass is 32.2. The van der Waals surface area contributed by atoms with Crippen molar-refractivity contribution in [2.24, 2.45) is 0 Å². The number of carbonyl (C=O) groups excluding carboxylic acids is 2. The Hall–Kier alpha value is -3.98. The molecule has 0 N–H and O–H groups in total. The maximum absolute atomic E-state index is 15.3. The predicted octanol–water partition coefficient (Wildman–Crippen LogP) is 5.92. The van der Waals surface area contributed by atoms with Gasteiger partial charge in [-0.3, -0.25) is 14.5 Å². The summed E-state index contributed by atoms with van der Waals surface area (Å²) in [6, 6.07) is 20.8. The first-order chi connectivity index (χ1) is 19.4. The number of aryl methyl sites for hydroxylation is 1. The number of hydrogen-bond donors (Lipinski definition) is 0. The molecule has 1 fully saturated rings. The molecule has 1 atom stereocenters. The van der Waals surface area contributed by atoms with Crippen molar-refractivity contribution in [1.29, 1.82) is 0 Å². The summed E-state index contributed by atoms with van der Waals surface area (Å²) >= 11 is 1.26. The van der Waals surface area contributed by atoms with Gasteiger partial charge in [-0.2, -0.15) is 5.10 Å². The van der Waals surface area contributed by atoms with E-state index in [1.54, 1.807) is 9.58 Å². The molecule has 2 aliphatic rings. The second-order valence-electron chi connectivity index (χ2n) is 10.1. The smallest absolute Gasteiger partial charge is 0.242 e. The maximum atomic E-state index is 15.3. The van der Waals surface area contributed by atoms with Crippen molar-refractivity contribution in [2.45, 2.75) is 25.0 Å². The van der Waals surface area contributed by atoms with Gasteiger partial charge in [0.1, 0.15) is 24.0 Å². The SMILES string of the molecule is Cc1cccc(-n2nc(-c3ccccc3)c3c2N(CC(=O)N2CCCC2)C(=O)CS[C@H]3c2ccc(F)cc2F)c1. The molecule has 4 aromatic rings. The minimum atomic E-state index is -0.695. The van der Waals surface area contributed by atoms with Crippen molar-refractivity contribution in [2.75, 3.05) is 30.3 Å². The second kappa shape index (κ2) is 10.9. The molecule has 1 saturated heterocycles. The van der Waals surface area contributed by atoms with E-state index in [2.05, 4.69) is 0 Å². The van der Waals surface area contributed by atoms with Crippen LogP contribution in [0, 0.1) is 18.6 Å². The monoisotopic (exact) mass is 558 g/mol. The molecule has 6 rings (SSSR count). The first kappa shape index (κ1) is 26.3. The summed E-state index contributed by atoms with van der Waals surface area (Å²) in [6.07, 6.45) is 1.87. The topological polar surface area (TPSA) is 58.4 Å². The van der Waals surface area contributed by atoms with Crippen LogP contribution < -0.4 is 4.90 Å². The minimum absolute atomic E-state index is 0.0193. The molecule has 3 heterocycles. The lowest BCUT2D eigenvalue weighted by atomic mass is 9.99. The van der Waals surface area contributed by atoms with E-state index >= 15 is 4.39 Å². The van der Waals surface area contributed by atoms with Crippen molar-refractivity contribution in [3.8, 4) is 16.9 Å². The van der Waals surface area contributed by atoms with E-state index in [1.165, 1.54) is 28.8 Å².